The molecule has 0 aromatic carbocycles. The van der Waals surface area contributed by atoms with Crippen LogP contribution in [-0.2, 0) is 23.4 Å². The number of carbonyl (C=O) groups is 1. The van der Waals surface area contributed by atoms with Crippen LogP contribution in [0.1, 0.15) is 26.7 Å². The second-order valence-corrected chi connectivity index (χ2v) is 6.45. The van der Waals surface area contributed by atoms with Crippen LogP contribution in [0.5, 0.6) is 0 Å². The van der Waals surface area contributed by atoms with Gasteiger partial charge >= 0.3 is 5.97 Å². The molecule has 2 rings (SSSR count). The van der Waals surface area contributed by atoms with Crippen LogP contribution in [0.4, 0.5) is 0 Å². The second-order valence-electron chi connectivity index (χ2n) is 5.30. The third-order valence-electron chi connectivity index (χ3n) is 3.61. The van der Waals surface area contributed by atoms with Gasteiger partial charge < -0.3 is 14.0 Å². The third-order valence-corrected chi connectivity index (χ3v) is 4.71. The fraction of sp³-hybridized carbons (Fsp3) is 0.909. The van der Waals surface area contributed by atoms with Gasteiger partial charge in [0.05, 0.1) is 25.9 Å². The number of rotatable bonds is 6. The molecule has 2 aliphatic rings. The quantitative estimate of drug-likeness (QED) is 0.579. The van der Waals surface area contributed by atoms with Crippen LogP contribution in [0.3, 0.4) is 0 Å². The molecule has 0 aromatic rings. The molecule has 18 heavy (non-hydrogen) atoms. The van der Waals surface area contributed by atoms with Crippen LogP contribution in [0.2, 0.25) is 0 Å². The van der Waals surface area contributed by atoms with Gasteiger partial charge in [-0.25, -0.2) is 5.09 Å². The largest absolute Gasteiger partial charge is 0.468 e. The van der Waals surface area contributed by atoms with Gasteiger partial charge in [0.15, 0.2) is 0 Å². The van der Waals surface area contributed by atoms with Gasteiger partial charge in [-0.1, -0.05) is 6.92 Å². The van der Waals surface area contributed by atoms with E-state index in [2.05, 4.69) is 16.7 Å². The number of carbonyl (C=O) groups excluding carboxylic acids is 1. The lowest BCUT2D eigenvalue weighted by Gasteiger charge is -2.15. The van der Waals surface area contributed by atoms with E-state index < -0.39 is 20.2 Å². The molecule has 1 aliphatic heterocycles. The van der Waals surface area contributed by atoms with E-state index in [1.54, 1.807) is 6.92 Å². The van der Waals surface area contributed by atoms with Gasteiger partial charge in [-0.2, -0.15) is 0 Å². The van der Waals surface area contributed by atoms with E-state index in [0.717, 1.165) is 12.8 Å². The molecule has 0 amide bonds. The highest BCUT2D eigenvalue weighted by molar-refractivity contribution is 7.36. The summed E-state index contributed by atoms with van der Waals surface area (Å²) in [6, 6.07) is -0.628. The Morgan fingerprint density at radius 2 is 2.33 bits per heavy atom. The molecular weight excluding hydrogens is 257 g/mol. The molecule has 0 radical (unpaired) electrons. The van der Waals surface area contributed by atoms with Crippen molar-refractivity contribution in [3.8, 4) is 0 Å². The fourth-order valence-corrected chi connectivity index (χ4v) is 3.21. The molecular formula is C11H20NO5P. The van der Waals surface area contributed by atoms with Crippen molar-refractivity contribution in [1.82, 2.24) is 5.09 Å². The van der Waals surface area contributed by atoms with Gasteiger partial charge in [0.1, 0.15) is 6.04 Å². The van der Waals surface area contributed by atoms with E-state index in [1.165, 1.54) is 7.11 Å². The monoisotopic (exact) mass is 277 g/mol. The first-order valence-electron chi connectivity index (χ1n) is 6.11. The zero-order chi connectivity index (χ0) is 13.3. The van der Waals surface area contributed by atoms with Crippen molar-refractivity contribution < 1.29 is 23.4 Å². The minimum Gasteiger partial charge on any atom is -0.468 e. The first-order chi connectivity index (χ1) is 8.44. The number of hydrogen-bond donors (Lipinski definition) is 1. The Bertz CT molecular complexity index is 363. The van der Waals surface area contributed by atoms with Gasteiger partial charge in [0.2, 0.25) is 0 Å². The number of ether oxygens (including phenoxy) is 2. The molecule has 1 heterocycles. The molecule has 1 aliphatic carbocycles. The highest BCUT2D eigenvalue weighted by Crippen LogP contribution is 2.57. The summed E-state index contributed by atoms with van der Waals surface area (Å²) in [5.41, 5.74) is 0.316. The second kappa shape index (κ2) is 5.29. The zero-order valence-electron chi connectivity index (χ0n) is 10.9. The molecule has 0 aromatic heterocycles. The first kappa shape index (κ1) is 14.0. The minimum absolute atomic E-state index is 0.0259. The molecule has 1 unspecified atom stereocenters. The molecule has 0 bridgehead atoms. The number of nitrogens with one attached hydrogen (secondary N) is 1. The highest BCUT2D eigenvalue weighted by Gasteiger charge is 2.58. The molecule has 104 valence electrons. The molecule has 2 fully saturated rings. The summed E-state index contributed by atoms with van der Waals surface area (Å²) in [6.07, 6.45) is 2.46. The molecule has 1 N–H and O–H groups in total. The number of hydrogen-bond acceptors (Lipinski definition) is 5. The third kappa shape index (κ3) is 3.12. The summed E-state index contributed by atoms with van der Waals surface area (Å²) < 4.78 is 27.0. The van der Waals surface area contributed by atoms with Crippen molar-refractivity contribution in [1.29, 1.82) is 0 Å². The molecule has 7 heteroatoms. The number of fused-ring (bicyclic) bond motifs is 1. The van der Waals surface area contributed by atoms with Crippen molar-refractivity contribution in [3.05, 3.63) is 0 Å². The lowest BCUT2D eigenvalue weighted by Crippen LogP contribution is -2.30. The Hall–Kier alpha value is -0.420. The summed E-state index contributed by atoms with van der Waals surface area (Å²) in [4.78, 5) is 11.1. The number of methoxy groups -OCH3 is 1. The predicted octanol–water partition coefficient (Wildman–Crippen LogP) is 1.11. The van der Waals surface area contributed by atoms with Crippen LogP contribution in [0.15, 0.2) is 0 Å². The smallest absolute Gasteiger partial charge is 0.322 e. The summed E-state index contributed by atoms with van der Waals surface area (Å²) in [5, 5.41) is 2.58. The molecule has 0 spiro atoms. The van der Waals surface area contributed by atoms with Gasteiger partial charge in [-0.05, 0) is 25.2 Å². The van der Waals surface area contributed by atoms with Gasteiger partial charge in [-0.3, -0.25) is 9.36 Å². The van der Waals surface area contributed by atoms with E-state index >= 15 is 0 Å². The van der Waals surface area contributed by atoms with Crippen molar-refractivity contribution in [2.45, 2.75) is 44.9 Å². The molecule has 6 nitrogen and oxygen atoms in total. The van der Waals surface area contributed by atoms with Crippen molar-refractivity contribution in [2.24, 2.45) is 5.41 Å². The van der Waals surface area contributed by atoms with E-state index in [9.17, 15) is 9.36 Å². The van der Waals surface area contributed by atoms with Crippen LogP contribution in [0.25, 0.3) is 0 Å². The Morgan fingerprint density at radius 1 is 1.61 bits per heavy atom. The maximum Gasteiger partial charge on any atom is 0.322 e. The molecule has 1 saturated heterocycles. The van der Waals surface area contributed by atoms with Crippen molar-refractivity contribution in [3.63, 3.8) is 0 Å². The van der Waals surface area contributed by atoms with E-state index in [-0.39, 0.29) is 6.10 Å². The predicted molar refractivity (Wildman–Crippen MR) is 65.6 cm³/mol. The maximum absolute atomic E-state index is 11.6. The fourth-order valence-electron chi connectivity index (χ4n) is 2.31. The lowest BCUT2D eigenvalue weighted by molar-refractivity contribution is -0.142. The van der Waals surface area contributed by atoms with Gasteiger partial charge in [0.25, 0.3) is 8.18 Å². The topological polar surface area (TPSA) is 73.9 Å². The lowest BCUT2D eigenvalue weighted by atomic mass is 10.0. The highest BCUT2D eigenvalue weighted by atomic mass is 31.1. The minimum atomic E-state index is -2.43. The van der Waals surface area contributed by atoms with Gasteiger partial charge in [0, 0.05) is 0 Å². The average molecular weight is 277 g/mol. The molecule has 5 atom stereocenters. The summed E-state index contributed by atoms with van der Waals surface area (Å²) in [7, 11) is -1.14. The maximum atomic E-state index is 11.6. The summed E-state index contributed by atoms with van der Waals surface area (Å²) >= 11 is 0. The Kier molecular flexibility index (Phi) is 4.11. The number of esters is 1. The average Bonchev–Trinajstić information content (AvgIpc) is 2.84. The Morgan fingerprint density at radius 3 is 2.89 bits per heavy atom. The Labute approximate surface area is 107 Å². The van der Waals surface area contributed by atoms with Gasteiger partial charge in [-0.15, -0.1) is 0 Å². The van der Waals surface area contributed by atoms with E-state index in [4.69, 9.17) is 9.26 Å². The first-order valence-corrected chi connectivity index (χ1v) is 7.43. The van der Waals surface area contributed by atoms with Crippen molar-refractivity contribution >= 4 is 14.1 Å². The van der Waals surface area contributed by atoms with Crippen LogP contribution in [0, 0.1) is 5.41 Å². The zero-order valence-corrected chi connectivity index (χ0v) is 11.9. The van der Waals surface area contributed by atoms with Crippen LogP contribution >= 0.6 is 8.18 Å². The molecule has 1 saturated carbocycles. The van der Waals surface area contributed by atoms with E-state index in [1.807, 2.05) is 0 Å². The van der Waals surface area contributed by atoms with Crippen LogP contribution in [-0.4, -0.2) is 37.9 Å². The van der Waals surface area contributed by atoms with E-state index in [0.29, 0.717) is 18.1 Å². The summed E-state index contributed by atoms with van der Waals surface area (Å²) in [5.74, 6) is -0.456. The SMILES string of the molecule is COC(=O)[C@@H](C)N[PH](=O)OC[C@@H]1C[C@@]2(C)C[C@@H]2O1. The van der Waals surface area contributed by atoms with Crippen molar-refractivity contribution in [2.75, 3.05) is 13.7 Å². The van der Waals surface area contributed by atoms with Crippen LogP contribution < -0.4 is 5.09 Å². The Balaban J connectivity index is 1.65. The normalized spacial score (nSPS) is 36.8. The summed E-state index contributed by atoms with van der Waals surface area (Å²) in [6.45, 7) is 4.09. The standard InChI is InChI=1S/C11H20NO5P/c1-7(10(13)15-3)12-18(14)16-6-8-4-11(2)5-9(11)17-8/h7-9,18H,4-6H2,1-3H3,(H,12,14)/t7-,8+,9+,11+/m1/s1.